The average Bonchev–Trinajstić information content (AvgIpc) is 2.26. The van der Waals surface area contributed by atoms with Gasteiger partial charge in [0.05, 0.1) is 13.8 Å². The van der Waals surface area contributed by atoms with Gasteiger partial charge in [0.15, 0.2) is 0 Å². The molecule has 0 bridgehead atoms. The molecule has 3 nitrogen and oxygen atoms in total. The van der Waals surface area contributed by atoms with E-state index in [4.69, 9.17) is 9.84 Å². The van der Waals surface area contributed by atoms with Crippen LogP contribution >= 0.6 is 15.9 Å². The number of nitrogens with zero attached hydrogens (tertiary/aromatic N) is 1. The van der Waals surface area contributed by atoms with Gasteiger partial charge < -0.3 is 9.84 Å². The van der Waals surface area contributed by atoms with Gasteiger partial charge in [0, 0.05) is 11.0 Å². The van der Waals surface area contributed by atoms with Crippen molar-refractivity contribution < 1.29 is 9.84 Å². The van der Waals surface area contributed by atoms with Crippen molar-refractivity contribution in [3.63, 3.8) is 0 Å². The highest BCUT2D eigenvalue weighted by molar-refractivity contribution is 9.10. The molecule has 4 heteroatoms. The maximum atomic E-state index is 8.88. The highest BCUT2D eigenvalue weighted by atomic mass is 79.9. The molecule has 1 aromatic rings. The van der Waals surface area contributed by atoms with Crippen LogP contribution in [0.15, 0.2) is 22.7 Å². The van der Waals surface area contributed by atoms with Gasteiger partial charge in [-0.3, -0.25) is 4.90 Å². The van der Waals surface area contributed by atoms with E-state index in [9.17, 15) is 0 Å². The second kappa shape index (κ2) is 6.10. The first-order valence-corrected chi connectivity index (χ1v) is 5.58. The molecule has 15 heavy (non-hydrogen) atoms. The third-order valence-corrected chi connectivity index (χ3v) is 2.74. The Labute approximate surface area is 98.8 Å². The van der Waals surface area contributed by atoms with Crippen molar-refractivity contribution in [1.29, 1.82) is 0 Å². The fourth-order valence-corrected chi connectivity index (χ4v) is 1.73. The van der Waals surface area contributed by atoms with Crippen molar-refractivity contribution in [2.24, 2.45) is 0 Å². The number of ether oxygens (including phenoxy) is 1. The summed E-state index contributed by atoms with van der Waals surface area (Å²) in [6.45, 7) is 0.889. The number of halogens is 1. The van der Waals surface area contributed by atoms with Crippen molar-refractivity contribution in [3.8, 4) is 5.75 Å². The van der Waals surface area contributed by atoms with E-state index < -0.39 is 0 Å². The Kier molecular flexibility index (Phi) is 5.08. The van der Waals surface area contributed by atoms with Gasteiger partial charge in [-0.25, -0.2) is 0 Å². The molecule has 0 unspecified atom stereocenters. The molecule has 0 fully saturated rings. The first kappa shape index (κ1) is 12.5. The topological polar surface area (TPSA) is 32.7 Å². The molecule has 1 aromatic carbocycles. The Hall–Kier alpha value is -0.580. The van der Waals surface area contributed by atoms with Gasteiger partial charge in [0.1, 0.15) is 5.75 Å². The summed E-state index contributed by atoms with van der Waals surface area (Å²) < 4.78 is 6.31. The molecular formula is C11H16BrNO2. The second-order valence-corrected chi connectivity index (χ2v) is 4.34. The molecule has 0 atom stereocenters. The first-order valence-electron chi connectivity index (χ1n) is 4.79. The third-order valence-electron chi connectivity index (χ3n) is 2.25. The molecule has 1 N–H and O–H groups in total. The van der Waals surface area contributed by atoms with Crippen LogP contribution in [0, 0.1) is 0 Å². The van der Waals surface area contributed by atoms with Gasteiger partial charge in [-0.1, -0.05) is 15.9 Å². The number of benzene rings is 1. The number of rotatable bonds is 5. The zero-order chi connectivity index (χ0) is 11.3. The van der Waals surface area contributed by atoms with Crippen LogP contribution in [-0.4, -0.2) is 37.4 Å². The van der Waals surface area contributed by atoms with Crippen molar-refractivity contribution in [1.82, 2.24) is 4.90 Å². The monoisotopic (exact) mass is 273 g/mol. The Morgan fingerprint density at radius 2 is 2.20 bits per heavy atom. The lowest BCUT2D eigenvalue weighted by atomic mass is 10.1. The van der Waals surface area contributed by atoms with Crippen LogP contribution < -0.4 is 4.74 Å². The average molecular weight is 274 g/mol. The van der Waals surface area contributed by atoms with Crippen molar-refractivity contribution in [3.05, 3.63) is 28.2 Å². The normalized spacial score (nSPS) is 10.7. The van der Waals surface area contributed by atoms with Crippen molar-refractivity contribution in [2.75, 3.05) is 27.4 Å². The Bertz CT molecular complexity index is 317. The highest BCUT2D eigenvalue weighted by Gasteiger charge is 2.04. The number of methoxy groups -OCH3 is 1. The van der Waals surface area contributed by atoms with E-state index in [-0.39, 0.29) is 6.73 Å². The summed E-state index contributed by atoms with van der Waals surface area (Å²) in [6.07, 6.45) is 0.861. The number of aliphatic hydroxyl groups is 1. The maximum Gasteiger partial charge on any atom is 0.122 e. The molecule has 0 radical (unpaired) electrons. The molecule has 0 aliphatic heterocycles. The fraction of sp³-hybridized carbons (Fsp3) is 0.455. The molecule has 0 aliphatic carbocycles. The Balaban J connectivity index is 2.69. The summed E-state index contributed by atoms with van der Waals surface area (Å²) >= 11 is 3.43. The zero-order valence-corrected chi connectivity index (χ0v) is 10.6. The summed E-state index contributed by atoms with van der Waals surface area (Å²) in [5, 5.41) is 8.88. The lowest BCUT2D eigenvalue weighted by Gasteiger charge is -2.14. The van der Waals surface area contributed by atoms with Crippen LogP contribution in [0.25, 0.3) is 0 Å². The lowest BCUT2D eigenvalue weighted by Crippen LogP contribution is -2.22. The van der Waals surface area contributed by atoms with Gasteiger partial charge in [-0.15, -0.1) is 0 Å². The largest absolute Gasteiger partial charge is 0.496 e. The number of likely N-dealkylation sites (N-methyl/N-ethyl adjacent to an activating group) is 1. The van der Waals surface area contributed by atoms with E-state index >= 15 is 0 Å². The van der Waals surface area contributed by atoms with Gasteiger partial charge in [0.25, 0.3) is 0 Å². The quantitative estimate of drug-likeness (QED) is 0.832. The Morgan fingerprint density at radius 3 is 2.80 bits per heavy atom. The lowest BCUT2D eigenvalue weighted by molar-refractivity contribution is 0.134. The van der Waals surface area contributed by atoms with E-state index in [0.717, 1.165) is 28.8 Å². The van der Waals surface area contributed by atoms with Crippen LogP contribution in [0.2, 0.25) is 0 Å². The van der Waals surface area contributed by atoms with Gasteiger partial charge >= 0.3 is 0 Å². The van der Waals surface area contributed by atoms with Gasteiger partial charge in [-0.05, 0) is 37.2 Å². The van der Waals surface area contributed by atoms with E-state index in [1.54, 1.807) is 7.11 Å². The van der Waals surface area contributed by atoms with E-state index in [0.29, 0.717) is 0 Å². The molecule has 0 aromatic heterocycles. The van der Waals surface area contributed by atoms with Crippen molar-refractivity contribution in [2.45, 2.75) is 6.42 Å². The summed E-state index contributed by atoms with van der Waals surface area (Å²) in [5.41, 5.74) is 1.15. The van der Waals surface area contributed by atoms with E-state index in [1.807, 2.05) is 30.1 Å². The minimum Gasteiger partial charge on any atom is -0.496 e. The summed E-state index contributed by atoms with van der Waals surface area (Å²) in [7, 11) is 3.55. The molecule has 0 saturated heterocycles. The van der Waals surface area contributed by atoms with Gasteiger partial charge in [-0.2, -0.15) is 0 Å². The molecule has 0 heterocycles. The van der Waals surface area contributed by atoms with Crippen molar-refractivity contribution >= 4 is 15.9 Å². The molecule has 1 rings (SSSR count). The predicted molar refractivity (Wildman–Crippen MR) is 64.1 cm³/mol. The van der Waals surface area contributed by atoms with E-state index in [2.05, 4.69) is 15.9 Å². The van der Waals surface area contributed by atoms with Crippen LogP contribution in [0.4, 0.5) is 0 Å². The zero-order valence-electron chi connectivity index (χ0n) is 9.03. The van der Waals surface area contributed by atoms with Crippen LogP contribution in [0.1, 0.15) is 5.56 Å². The van der Waals surface area contributed by atoms with Gasteiger partial charge in [0.2, 0.25) is 0 Å². The molecule has 0 spiro atoms. The summed E-state index contributed by atoms with van der Waals surface area (Å²) in [4.78, 5) is 1.85. The Morgan fingerprint density at radius 1 is 1.47 bits per heavy atom. The van der Waals surface area contributed by atoms with Crippen LogP contribution in [0.3, 0.4) is 0 Å². The molecular weight excluding hydrogens is 258 g/mol. The van der Waals surface area contributed by atoms with E-state index in [1.165, 1.54) is 0 Å². The highest BCUT2D eigenvalue weighted by Crippen LogP contribution is 2.23. The number of hydrogen-bond donors (Lipinski definition) is 1. The second-order valence-electron chi connectivity index (χ2n) is 3.43. The number of hydrogen-bond acceptors (Lipinski definition) is 3. The molecule has 84 valence electrons. The van der Waals surface area contributed by atoms with Crippen LogP contribution in [-0.2, 0) is 6.42 Å². The summed E-state index contributed by atoms with van der Waals surface area (Å²) in [6, 6.07) is 5.94. The number of aliphatic hydroxyl groups excluding tert-OH is 1. The standard InChI is InChI=1S/C11H16BrNO2/c1-13(8-14)6-5-9-7-10(12)3-4-11(9)15-2/h3-4,7,14H,5-6,8H2,1-2H3. The molecule has 0 saturated carbocycles. The minimum atomic E-state index is 0.0797. The maximum absolute atomic E-state index is 8.88. The first-order chi connectivity index (χ1) is 7.17. The summed E-state index contributed by atoms with van der Waals surface area (Å²) in [5.74, 6) is 0.893. The predicted octanol–water partition coefficient (Wildman–Crippen LogP) is 1.88. The third kappa shape index (κ3) is 3.81. The molecule has 0 aliphatic rings. The fourth-order valence-electron chi connectivity index (χ4n) is 1.32. The smallest absolute Gasteiger partial charge is 0.122 e. The SMILES string of the molecule is COc1ccc(Br)cc1CCN(C)CO. The minimum absolute atomic E-state index is 0.0797. The van der Waals surface area contributed by atoms with Crippen LogP contribution in [0.5, 0.6) is 5.75 Å². The molecule has 0 amide bonds.